The summed E-state index contributed by atoms with van der Waals surface area (Å²) < 4.78 is 1.64. The van der Waals surface area contributed by atoms with E-state index in [0.717, 1.165) is 44.7 Å². The molecule has 1 aliphatic carbocycles. The van der Waals surface area contributed by atoms with Gasteiger partial charge in [0.1, 0.15) is 5.01 Å². The Balaban J connectivity index is 1.31. The minimum Gasteiger partial charge on any atom is -0.297 e. The maximum Gasteiger partial charge on any atom is 0.266 e. The van der Waals surface area contributed by atoms with Crippen LogP contribution in [0.3, 0.4) is 0 Å². The highest BCUT2D eigenvalue weighted by atomic mass is 32.1. The van der Waals surface area contributed by atoms with E-state index in [-0.39, 0.29) is 5.56 Å². The second-order valence-corrected chi connectivity index (χ2v) is 8.57. The molecule has 0 bridgehead atoms. The maximum absolute atomic E-state index is 11.9. The molecule has 5 nitrogen and oxygen atoms in total. The van der Waals surface area contributed by atoms with Gasteiger partial charge in [0, 0.05) is 17.5 Å². The Morgan fingerprint density at radius 1 is 1.20 bits per heavy atom. The zero-order valence-corrected chi connectivity index (χ0v) is 15.7. The third-order valence-electron chi connectivity index (χ3n) is 5.39. The number of nitrogens with zero attached hydrogens (tertiary/aromatic N) is 4. The summed E-state index contributed by atoms with van der Waals surface area (Å²) in [6, 6.07) is 3.41. The van der Waals surface area contributed by atoms with Gasteiger partial charge in [-0.15, -0.1) is 11.3 Å². The molecular weight excluding hydrogens is 332 g/mol. The highest BCUT2D eigenvalue weighted by Gasteiger charge is 2.22. The van der Waals surface area contributed by atoms with Crippen molar-refractivity contribution in [2.75, 3.05) is 13.1 Å². The lowest BCUT2D eigenvalue weighted by molar-refractivity contribution is 0.163. The standard InChI is InChI=1S/C19H26N4OS/c1-14-6-7-19(24)23(21-14)12-15-8-10-22(11-9-15)13-18-20-16-4-2-3-5-17(16)25-18/h6-7,15H,2-5,8-13H2,1H3. The van der Waals surface area contributed by atoms with Crippen LogP contribution in [0.15, 0.2) is 16.9 Å². The van der Waals surface area contributed by atoms with Gasteiger partial charge in [0.05, 0.1) is 17.9 Å². The molecule has 0 spiro atoms. The molecule has 6 heteroatoms. The van der Waals surface area contributed by atoms with Crippen LogP contribution < -0.4 is 5.56 Å². The summed E-state index contributed by atoms with van der Waals surface area (Å²) in [5, 5.41) is 5.67. The number of thiazole rings is 1. The van der Waals surface area contributed by atoms with Crippen LogP contribution in [-0.2, 0) is 25.9 Å². The topological polar surface area (TPSA) is 51.0 Å². The molecule has 134 valence electrons. The van der Waals surface area contributed by atoms with Crippen molar-refractivity contribution in [3.8, 4) is 0 Å². The fourth-order valence-corrected chi connectivity index (χ4v) is 5.12. The van der Waals surface area contributed by atoms with Gasteiger partial charge in [-0.25, -0.2) is 9.67 Å². The smallest absolute Gasteiger partial charge is 0.266 e. The van der Waals surface area contributed by atoms with Crippen molar-refractivity contribution < 1.29 is 0 Å². The molecule has 0 N–H and O–H groups in total. The average molecular weight is 359 g/mol. The Morgan fingerprint density at radius 3 is 2.80 bits per heavy atom. The van der Waals surface area contributed by atoms with E-state index in [1.54, 1.807) is 16.8 Å². The third kappa shape index (κ3) is 4.01. The van der Waals surface area contributed by atoms with E-state index < -0.39 is 0 Å². The Labute approximate surface area is 152 Å². The Morgan fingerprint density at radius 2 is 2.00 bits per heavy atom. The van der Waals surface area contributed by atoms with Crippen LogP contribution in [0.2, 0.25) is 0 Å². The summed E-state index contributed by atoms with van der Waals surface area (Å²) in [6.07, 6.45) is 7.29. The van der Waals surface area contributed by atoms with Crippen molar-refractivity contribution in [1.29, 1.82) is 0 Å². The van der Waals surface area contributed by atoms with Gasteiger partial charge in [-0.05, 0) is 70.5 Å². The first-order valence-corrected chi connectivity index (χ1v) is 10.2. The molecule has 0 aromatic carbocycles. The molecule has 2 aliphatic rings. The van der Waals surface area contributed by atoms with E-state index >= 15 is 0 Å². The van der Waals surface area contributed by atoms with Crippen molar-refractivity contribution >= 4 is 11.3 Å². The number of piperidine rings is 1. The lowest BCUT2D eigenvalue weighted by atomic mass is 9.97. The molecular formula is C19H26N4OS. The number of likely N-dealkylation sites (tertiary alicyclic amines) is 1. The van der Waals surface area contributed by atoms with Crippen molar-refractivity contribution in [2.45, 2.75) is 58.5 Å². The van der Waals surface area contributed by atoms with Crippen LogP contribution in [0.5, 0.6) is 0 Å². The van der Waals surface area contributed by atoms with Crippen LogP contribution in [-0.4, -0.2) is 32.8 Å². The number of fused-ring (bicyclic) bond motifs is 1. The summed E-state index contributed by atoms with van der Waals surface area (Å²) in [4.78, 5) is 20.9. The van der Waals surface area contributed by atoms with Gasteiger partial charge in [0.15, 0.2) is 0 Å². The van der Waals surface area contributed by atoms with Crippen LogP contribution in [0, 0.1) is 12.8 Å². The number of rotatable bonds is 4. The first kappa shape index (κ1) is 16.9. The quantitative estimate of drug-likeness (QED) is 0.843. The highest BCUT2D eigenvalue weighted by Crippen LogP contribution is 2.28. The molecule has 25 heavy (non-hydrogen) atoms. The molecule has 2 aromatic heterocycles. The van der Waals surface area contributed by atoms with E-state index in [2.05, 4.69) is 10.00 Å². The molecule has 3 heterocycles. The Hall–Kier alpha value is -1.53. The molecule has 0 amide bonds. The predicted octanol–water partition coefficient (Wildman–Crippen LogP) is 2.80. The summed E-state index contributed by atoms with van der Waals surface area (Å²) >= 11 is 1.93. The second-order valence-electron chi connectivity index (χ2n) is 7.40. The van der Waals surface area contributed by atoms with Crippen LogP contribution >= 0.6 is 11.3 Å². The number of aryl methyl sites for hydroxylation is 3. The zero-order chi connectivity index (χ0) is 17.2. The molecule has 0 saturated carbocycles. The van der Waals surface area contributed by atoms with Crippen LogP contribution in [0.1, 0.15) is 47.0 Å². The first-order valence-electron chi connectivity index (χ1n) is 9.42. The molecule has 0 radical (unpaired) electrons. The largest absolute Gasteiger partial charge is 0.297 e. The minimum absolute atomic E-state index is 0.0152. The van der Waals surface area contributed by atoms with Crippen molar-refractivity contribution in [2.24, 2.45) is 5.92 Å². The van der Waals surface area contributed by atoms with Gasteiger partial charge < -0.3 is 0 Å². The minimum atomic E-state index is 0.0152. The second kappa shape index (κ2) is 7.38. The molecule has 1 fully saturated rings. The van der Waals surface area contributed by atoms with Crippen LogP contribution in [0.25, 0.3) is 0 Å². The number of aromatic nitrogens is 3. The average Bonchev–Trinajstić information content (AvgIpc) is 3.02. The molecule has 1 aliphatic heterocycles. The summed E-state index contributed by atoms with van der Waals surface area (Å²) in [6.45, 7) is 5.87. The molecule has 2 aromatic rings. The number of hydrogen-bond donors (Lipinski definition) is 0. The summed E-state index contributed by atoms with van der Waals surface area (Å²) in [7, 11) is 0. The van der Waals surface area contributed by atoms with E-state index in [9.17, 15) is 4.79 Å². The van der Waals surface area contributed by atoms with Gasteiger partial charge in [-0.3, -0.25) is 9.69 Å². The molecule has 0 unspecified atom stereocenters. The monoisotopic (exact) mass is 358 g/mol. The van der Waals surface area contributed by atoms with Crippen molar-refractivity contribution in [3.63, 3.8) is 0 Å². The fourth-order valence-electron chi connectivity index (χ4n) is 3.92. The van der Waals surface area contributed by atoms with Gasteiger partial charge in [0.25, 0.3) is 5.56 Å². The number of hydrogen-bond acceptors (Lipinski definition) is 5. The zero-order valence-electron chi connectivity index (χ0n) is 14.9. The third-order valence-corrected chi connectivity index (χ3v) is 6.53. The SMILES string of the molecule is Cc1ccc(=O)n(CC2CCN(Cc3nc4c(s3)CCCC4)CC2)n1. The van der Waals surface area contributed by atoms with E-state index in [0.29, 0.717) is 5.92 Å². The molecule has 0 atom stereocenters. The molecule has 1 saturated heterocycles. The molecule has 4 rings (SSSR count). The highest BCUT2D eigenvalue weighted by molar-refractivity contribution is 7.11. The van der Waals surface area contributed by atoms with Gasteiger partial charge in [-0.2, -0.15) is 5.10 Å². The van der Waals surface area contributed by atoms with Gasteiger partial charge in [-0.1, -0.05) is 0 Å². The van der Waals surface area contributed by atoms with Crippen LogP contribution in [0.4, 0.5) is 0 Å². The normalized spacial score (nSPS) is 19.1. The summed E-state index contributed by atoms with van der Waals surface area (Å²) in [5.74, 6) is 0.549. The van der Waals surface area contributed by atoms with Gasteiger partial charge >= 0.3 is 0 Å². The predicted molar refractivity (Wildman–Crippen MR) is 100.0 cm³/mol. The maximum atomic E-state index is 11.9. The van der Waals surface area contributed by atoms with E-state index in [1.165, 1.54) is 41.3 Å². The Kier molecular flexibility index (Phi) is 4.99. The van der Waals surface area contributed by atoms with Crippen molar-refractivity contribution in [3.05, 3.63) is 43.8 Å². The Bertz CT molecular complexity index is 765. The van der Waals surface area contributed by atoms with Crippen molar-refractivity contribution in [1.82, 2.24) is 19.7 Å². The van der Waals surface area contributed by atoms with Gasteiger partial charge in [0.2, 0.25) is 0 Å². The van der Waals surface area contributed by atoms with E-state index in [4.69, 9.17) is 4.98 Å². The van der Waals surface area contributed by atoms with E-state index in [1.807, 2.05) is 18.3 Å². The lowest BCUT2D eigenvalue weighted by Crippen LogP contribution is -2.36. The lowest BCUT2D eigenvalue weighted by Gasteiger charge is -2.31. The summed E-state index contributed by atoms with van der Waals surface area (Å²) in [5.41, 5.74) is 2.29. The fraction of sp³-hybridized carbons (Fsp3) is 0.632. The first-order chi connectivity index (χ1) is 12.2.